The van der Waals surface area contributed by atoms with Gasteiger partial charge in [-0.05, 0) is 35.9 Å². The van der Waals surface area contributed by atoms with Gasteiger partial charge in [-0.3, -0.25) is 0 Å². The van der Waals surface area contributed by atoms with E-state index in [4.69, 9.17) is 9.52 Å². The molecule has 0 amide bonds. The predicted octanol–water partition coefficient (Wildman–Crippen LogP) is 4.31. The van der Waals surface area contributed by atoms with Crippen LogP contribution in [0.2, 0.25) is 0 Å². The summed E-state index contributed by atoms with van der Waals surface area (Å²) in [6.45, 7) is 3.43. The van der Waals surface area contributed by atoms with E-state index in [2.05, 4.69) is 6.58 Å². The fourth-order valence-electron chi connectivity index (χ4n) is 1.68. The number of hydrogen-bond acceptors (Lipinski definition) is 2. The smallest absolute Gasteiger partial charge is 0.416 e. The molecule has 6 heteroatoms. The molecule has 0 aliphatic carbocycles. The average molecular weight is 282 g/mol. The van der Waals surface area contributed by atoms with Gasteiger partial charge in [-0.15, -0.1) is 0 Å². The van der Waals surface area contributed by atoms with E-state index in [0.29, 0.717) is 0 Å². The normalized spacial score (nSPS) is 11.3. The highest BCUT2D eigenvalue weighted by Crippen LogP contribution is 2.34. The lowest BCUT2D eigenvalue weighted by molar-refractivity contribution is -0.137. The van der Waals surface area contributed by atoms with Crippen molar-refractivity contribution in [3.63, 3.8) is 0 Å². The highest BCUT2D eigenvalue weighted by Gasteiger charge is 2.31. The molecule has 3 nitrogen and oxygen atoms in total. The quantitative estimate of drug-likeness (QED) is 0.912. The lowest BCUT2D eigenvalue weighted by Gasteiger charge is -2.09. The zero-order valence-electron chi connectivity index (χ0n) is 10.1. The van der Waals surface area contributed by atoms with Gasteiger partial charge in [0.05, 0.1) is 5.56 Å². The molecule has 0 saturated carbocycles. The number of carboxylic acids is 1. The molecular weight excluding hydrogens is 273 g/mol. The summed E-state index contributed by atoms with van der Waals surface area (Å²) in [6.07, 6.45) is -3.23. The zero-order chi connectivity index (χ0) is 14.9. The van der Waals surface area contributed by atoms with Crippen LogP contribution in [0.3, 0.4) is 0 Å². The van der Waals surface area contributed by atoms with Crippen molar-refractivity contribution in [1.29, 1.82) is 0 Å². The van der Waals surface area contributed by atoms with Gasteiger partial charge >= 0.3 is 12.1 Å². The molecule has 2 rings (SSSR count). The Morgan fingerprint density at radius 3 is 2.45 bits per heavy atom. The van der Waals surface area contributed by atoms with E-state index < -0.39 is 17.7 Å². The van der Waals surface area contributed by atoms with Crippen LogP contribution in [0.25, 0.3) is 17.4 Å². The van der Waals surface area contributed by atoms with E-state index in [-0.39, 0.29) is 22.6 Å². The largest absolute Gasteiger partial charge is 0.475 e. The van der Waals surface area contributed by atoms with E-state index in [1.165, 1.54) is 24.3 Å². The van der Waals surface area contributed by atoms with Gasteiger partial charge in [-0.1, -0.05) is 12.7 Å². The monoisotopic (exact) mass is 282 g/mol. The van der Waals surface area contributed by atoms with Crippen LogP contribution in [0.15, 0.2) is 41.3 Å². The van der Waals surface area contributed by atoms with Gasteiger partial charge in [-0.25, -0.2) is 4.79 Å². The molecule has 0 spiro atoms. The summed E-state index contributed by atoms with van der Waals surface area (Å²) in [5, 5.41) is 8.74. The van der Waals surface area contributed by atoms with Crippen LogP contribution in [0.5, 0.6) is 0 Å². The van der Waals surface area contributed by atoms with Crippen LogP contribution in [0.1, 0.15) is 21.7 Å². The highest BCUT2D eigenvalue weighted by atomic mass is 19.4. The summed E-state index contributed by atoms with van der Waals surface area (Å²) in [5.41, 5.74) is -0.441. The predicted molar refractivity (Wildman–Crippen MR) is 66.2 cm³/mol. The maximum Gasteiger partial charge on any atom is 0.416 e. The molecule has 0 saturated heterocycles. The van der Waals surface area contributed by atoms with E-state index >= 15 is 0 Å². The third-order valence-electron chi connectivity index (χ3n) is 2.62. The van der Waals surface area contributed by atoms with Crippen molar-refractivity contribution >= 4 is 12.0 Å². The molecule has 0 aliphatic rings. The number of carboxylic acid groups (broad SMARTS) is 1. The third kappa shape index (κ3) is 2.74. The van der Waals surface area contributed by atoms with E-state index in [0.717, 1.165) is 12.1 Å². The molecule has 0 fully saturated rings. The first-order valence-electron chi connectivity index (χ1n) is 5.49. The maximum absolute atomic E-state index is 12.8. The lowest BCUT2D eigenvalue weighted by Crippen LogP contribution is -2.05. The van der Waals surface area contributed by atoms with Crippen molar-refractivity contribution < 1.29 is 27.5 Å². The van der Waals surface area contributed by atoms with Gasteiger partial charge in [0.15, 0.2) is 0 Å². The Hall–Kier alpha value is -2.50. The molecule has 20 heavy (non-hydrogen) atoms. The van der Waals surface area contributed by atoms with Gasteiger partial charge in [-0.2, -0.15) is 13.2 Å². The molecule has 0 unspecified atom stereocenters. The Morgan fingerprint density at radius 1 is 1.25 bits per heavy atom. The second kappa shape index (κ2) is 4.88. The first kappa shape index (κ1) is 13.9. The Bertz CT molecular complexity index is 669. The summed E-state index contributed by atoms with van der Waals surface area (Å²) < 4.78 is 43.3. The molecule has 0 bridgehead atoms. The third-order valence-corrected chi connectivity index (χ3v) is 2.62. The number of halogens is 3. The molecule has 1 N–H and O–H groups in total. The molecule has 1 aromatic heterocycles. The van der Waals surface area contributed by atoms with Crippen LogP contribution in [-0.2, 0) is 6.18 Å². The molecule has 0 radical (unpaired) electrons. The number of carbonyl (C=O) groups is 1. The number of furan rings is 1. The molecule has 104 valence electrons. The topological polar surface area (TPSA) is 50.4 Å². The minimum Gasteiger partial charge on any atom is -0.475 e. The molecule has 1 aromatic carbocycles. The van der Waals surface area contributed by atoms with Gasteiger partial charge in [0.1, 0.15) is 5.76 Å². The molecule has 2 aromatic rings. The van der Waals surface area contributed by atoms with Crippen LogP contribution in [-0.4, -0.2) is 11.1 Å². The fourth-order valence-corrected chi connectivity index (χ4v) is 1.68. The van der Waals surface area contributed by atoms with E-state index in [1.807, 2.05) is 0 Å². The lowest BCUT2D eigenvalue weighted by atomic mass is 10.0. The summed E-state index contributed by atoms with van der Waals surface area (Å²) in [7, 11) is 0. The molecule has 0 aliphatic heterocycles. The summed E-state index contributed by atoms with van der Waals surface area (Å²) in [5.74, 6) is -1.57. The van der Waals surface area contributed by atoms with Gasteiger partial charge in [0, 0.05) is 5.56 Å². The first-order valence-corrected chi connectivity index (χ1v) is 5.49. The minimum atomic E-state index is -4.50. The minimum absolute atomic E-state index is 0.0524. The summed E-state index contributed by atoms with van der Waals surface area (Å²) in [6, 6.07) is 5.79. The Balaban J connectivity index is 2.55. The first-order chi connectivity index (χ1) is 9.31. The number of rotatable bonds is 3. The van der Waals surface area contributed by atoms with E-state index in [1.54, 1.807) is 0 Å². The molecule has 0 atom stereocenters. The van der Waals surface area contributed by atoms with Crippen molar-refractivity contribution in [3.05, 3.63) is 53.8 Å². The number of benzene rings is 1. The molecular formula is C14H9F3O3. The summed E-state index contributed by atoms with van der Waals surface area (Å²) in [4.78, 5) is 10.7. The standard InChI is InChI=1S/C14H9F3O3/c1-2-8-5-9(7-10(6-8)14(15,16)17)11-3-4-12(20-11)13(18)19/h2-7H,1H2,(H,18,19). The molecule has 1 heterocycles. The maximum atomic E-state index is 12.8. The van der Waals surface area contributed by atoms with Crippen LogP contribution in [0, 0.1) is 0 Å². The van der Waals surface area contributed by atoms with Gasteiger partial charge in [0.2, 0.25) is 5.76 Å². The van der Waals surface area contributed by atoms with Crippen LogP contribution in [0.4, 0.5) is 13.2 Å². The zero-order valence-corrected chi connectivity index (χ0v) is 10.1. The average Bonchev–Trinajstić information content (AvgIpc) is 2.87. The summed E-state index contributed by atoms with van der Waals surface area (Å²) >= 11 is 0. The second-order valence-electron chi connectivity index (χ2n) is 4.01. The van der Waals surface area contributed by atoms with Crippen molar-refractivity contribution in [1.82, 2.24) is 0 Å². The Labute approximate surface area is 112 Å². The number of alkyl halides is 3. The Kier molecular flexibility index (Phi) is 3.40. The number of aromatic carboxylic acids is 1. The van der Waals surface area contributed by atoms with Crippen molar-refractivity contribution in [2.75, 3.05) is 0 Å². The van der Waals surface area contributed by atoms with Gasteiger partial charge < -0.3 is 9.52 Å². The SMILES string of the molecule is C=Cc1cc(-c2ccc(C(=O)O)o2)cc(C(F)(F)F)c1. The van der Waals surface area contributed by atoms with E-state index in [9.17, 15) is 18.0 Å². The Morgan fingerprint density at radius 2 is 1.95 bits per heavy atom. The van der Waals surface area contributed by atoms with Crippen LogP contribution < -0.4 is 0 Å². The van der Waals surface area contributed by atoms with Gasteiger partial charge in [0.25, 0.3) is 0 Å². The van der Waals surface area contributed by atoms with Crippen molar-refractivity contribution in [3.8, 4) is 11.3 Å². The van der Waals surface area contributed by atoms with Crippen molar-refractivity contribution in [2.45, 2.75) is 6.18 Å². The second-order valence-corrected chi connectivity index (χ2v) is 4.01. The highest BCUT2D eigenvalue weighted by molar-refractivity contribution is 5.85. The van der Waals surface area contributed by atoms with Crippen molar-refractivity contribution in [2.24, 2.45) is 0 Å². The van der Waals surface area contributed by atoms with Crippen LogP contribution >= 0.6 is 0 Å². The number of hydrogen-bond donors (Lipinski definition) is 1. The fraction of sp³-hybridized carbons (Fsp3) is 0.0714.